The van der Waals surface area contributed by atoms with Crippen LogP contribution in [0.15, 0.2) is 0 Å². The first-order valence-corrected chi connectivity index (χ1v) is 7.69. The lowest BCUT2D eigenvalue weighted by Crippen LogP contribution is -2.34. The summed E-state index contributed by atoms with van der Waals surface area (Å²) in [4.78, 5) is 0. The third-order valence-corrected chi connectivity index (χ3v) is 4.37. The van der Waals surface area contributed by atoms with Crippen molar-refractivity contribution in [1.82, 2.24) is 5.32 Å². The van der Waals surface area contributed by atoms with Crippen molar-refractivity contribution < 1.29 is 4.74 Å². The summed E-state index contributed by atoms with van der Waals surface area (Å²) in [7, 11) is 0. The van der Waals surface area contributed by atoms with E-state index < -0.39 is 0 Å². The molecular formula is C15H29NO. The van der Waals surface area contributed by atoms with Crippen LogP contribution in [-0.2, 0) is 4.74 Å². The average molecular weight is 239 g/mol. The van der Waals surface area contributed by atoms with Gasteiger partial charge in [-0.15, -0.1) is 0 Å². The Morgan fingerprint density at radius 1 is 1.00 bits per heavy atom. The summed E-state index contributed by atoms with van der Waals surface area (Å²) in [5, 5.41) is 3.69. The molecule has 2 aliphatic rings. The summed E-state index contributed by atoms with van der Waals surface area (Å²) >= 11 is 0. The SMILES string of the molecule is CCC1CCC(NCCCOCC2CC2)CC1. The normalized spacial score (nSPS) is 29.5. The lowest BCUT2D eigenvalue weighted by atomic mass is 9.84. The van der Waals surface area contributed by atoms with Crippen molar-refractivity contribution >= 4 is 0 Å². The fourth-order valence-electron chi connectivity index (χ4n) is 2.79. The second-order valence-electron chi connectivity index (χ2n) is 5.95. The molecule has 2 rings (SSSR count). The van der Waals surface area contributed by atoms with Gasteiger partial charge in [0.2, 0.25) is 0 Å². The van der Waals surface area contributed by atoms with E-state index in [0.29, 0.717) is 0 Å². The maximum absolute atomic E-state index is 5.64. The van der Waals surface area contributed by atoms with Gasteiger partial charge in [0, 0.05) is 19.3 Å². The molecule has 0 saturated heterocycles. The minimum Gasteiger partial charge on any atom is -0.381 e. The molecule has 2 saturated carbocycles. The van der Waals surface area contributed by atoms with Crippen LogP contribution in [-0.4, -0.2) is 25.8 Å². The van der Waals surface area contributed by atoms with E-state index in [1.54, 1.807) is 0 Å². The van der Waals surface area contributed by atoms with Crippen molar-refractivity contribution in [2.45, 2.75) is 64.3 Å². The molecule has 2 heteroatoms. The zero-order valence-corrected chi connectivity index (χ0v) is 11.4. The molecule has 0 bridgehead atoms. The molecule has 0 unspecified atom stereocenters. The molecule has 1 N–H and O–H groups in total. The van der Waals surface area contributed by atoms with Crippen LogP contribution in [0.4, 0.5) is 0 Å². The van der Waals surface area contributed by atoms with Crippen LogP contribution >= 0.6 is 0 Å². The number of rotatable bonds is 8. The summed E-state index contributed by atoms with van der Waals surface area (Å²) in [6, 6.07) is 0.793. The highest BCUT2D eigenvalue weighted by molar-refractivity contribution is 4.76. The predicted octanol–water partition coefficient (Wildman–Crippen LogP) is 3.36. The minimum absolute atomic E-state index is 0.793. The highest BCUT2D eigenvalue weighted by Gasteiger charge is 2.21. The Morgan fingerprint density at radius 2 is 1.71 bits per heavy atom. The van der Waals surface area contributed by atoms with E-state index in [1.165, 1.54) is 51.4 Å². The van der Waals surface area contributed by atoms with Gasteiger partial charge in [-0.05, 0) is 63.3 Å². The van der Waals surface area contributed by atoms with E-state index in [9.17, 15) is 0 Å². The standard InChI is InChI=1S/C15H29NO/c1-2-13-6-8-15(9-7-13)16-10-3-11-17-12-14-4-5-14/h13-16H,2-12H2,1H3. The Bertz CT molecular complexity index is 195. The monoisotopic (exact) mass is 239 g/mol. The molecule has 0 spiro atoms. The molecule has 0 radical (unpaired) electrons. The zero-order valence-electron chi connectivity index (χ0n) is 11.4. The lowest BCUT2D eigenvalue weighted by Gasteiger charge is -2.28. The summed E-state index contributed by atoms with van der Waals surface area (Å²) < 4.78 is 5.64. The van der Waals surface area contributed by atoms with E-state index in [1.807, 2.05) is 0 Å². The summed E-state index contributed by atoms with van der Waals surface area (Å²) in [6.07, 6.45) is 11.0. The third kappa shape index (κ3) is 5.39. The van der Waals surface area contributed by atoms with Gasteiger partial charge in [0.1, 0.15) is 0 Å². The number of hydrogen-bond donors (Lipinski definition) is 1. The maximum Gasteiger partial charge on any atom is 0.0494 e. The van der Waals surface area contributed by atoms with Crippen molar-refractivity contribution in [3.05, 3.63) is 0 Å². The quantitative estimate of drug-likeness (QED) is 0.656. The first-order chi connectivity index (χ1) is 8.38. The van der Waals surface area contributed by atoms with E-state index in [0.717, 1.165) is 37.6 Å². The van der Waals surface area contributed by atoms with Crippen molar-refractivity contribution in [2.24, 2.45) is 11.8 Å². The molecule has 0 aliphatic heterocycles. The Labute approximate surface area is 107 Å². The second kappa shape index (κ2) is 7.38. The Morgan fingerprint density at radius 3 is 2.35 bits per heavy atom. The van der Waals surface area contributed by atoms with Crippen LogP contribution in [0.3, 0.4) is 0 Å². The van der Waals surface area contributed by atoms with Crippen LogP contribution in [0.2, 0.25) is 0 Å². The molecular weight excluding hydrogens is 210 g/mol. The molecule has 0 amide bonds. The minimum atomic E-state index is 0.793. The fraction of sp³-hybridized carbons (Fsp3) is 1.00. The van der Waals surface area contributed by atoms with Gasteiger partial charge >= 0.3 is 0 Å². The van der Waals surface area contributed by atoms with Crippen LogP contribution in [0.5, 0.6) is 0 Å². The van der Waals surface area contributed by atoms with Gasteiger partial charge in [0.15, 0.2) is 0 Å². The number of nitrogens with one attached hydrogen (secondary N) is 1. The van der Waals surface area contributed by atoms with Gasteiger partial charge in [-0.25, -0.2) is 0 Å². The maximum atomic E-state index is 5.64. The molecule has 0 atom stereocenters. The van der Waals surface area contributed by atoms with Crippen LogP contribution in [0.1, 0.15) is 58.3 Å². The van der Waals surface area contributed by atoms with Gasteiger partial charge in [-0.2, -0.15) is 0 Å². The first-order valence-electron chi connectivity index (χ1n) is 7.69. The summed E-state index contributed by atoms with van der Waals surface area (Å²) in [6.45, 7) is 5.44. The summed E-state index contributed by atoms with van der Waals surface area (Å²) in [5.41, 5.74) is 0. The molecule has 0 heterocycles. The Hall–Kier alpha value is -0.0800. The molecule has 2 nitrogen and oxygen atoms in total. The fourth-order valence-corrected chi connectivity index (χ4v) is 2.79. The van der Waals surface area contributed by atoms with Crippen molar-refractivity contribution in [3.63, 3.8) is 0 Å². The molecule has 0 aromatic carbocycles. The second-order valence-corrected chi connectivity index (χ2v) is 5.95. The van der Waals surface area contributed by atoms with Gasteiger partial charge in [0.25, 0.3) is 0 Å². The average Bonchev–Trinajstić information content (AvgIpc) is 3.18. The lowest BCUT2D eigenvalue weighted by molar-refractivity contribution is 0.121. The highest BCUT2D eigenvalue weighted by atomic mass is 16.5. The Kier molecular flexibility index (Phi) is 5.79. The Balaban J connectivity index is 1.40. The van der Waals surface area contributed by atoms with Crippen LogP contribution in [0.25, 0.3) is 0 Å². The first kappa shape index (κ1) is 13.4. The largest absolute Gasteiger partial charge is 0.381 e. The highest BCUT2D eigenvalue weighted by Crippen LogP contribution is 2.28. The van der Waals surface area contributed by atoms with Crippen LogP contribution < -0.4 is 5.32 Å². The summed E-state index contributed by atoms with van der Waals surface area (Å²) in [5.74, 6) is 1.92. The van der Waals surface area contributed by atoms with E-state index in [2.05, 4.69) is 12.2 Å². The van der Waals surface area contributed by atoms with Crippen molar-refractivity contribution in [3.8, 4) is 0 Å². The molecule has 2 aliphatic carbocycles. The molecule has 0 aromatic rings. The number of ether oxygens (including phenoxy) is 1. The van der Waals surface area contributed by atoms with Crippen molar-refractivity contribution in [2.75, 3.05) is 19.8 Å². The van der Waals surface area contributed by atoms with E-state index >= 15 is 0 Å². The zero-order chi connectivity index (χ0) is 11.9. The van der Waals surface area contributed by atoms with E-state index in [4.69, 9.17) is 4.74 Å². The topological polar surface area (TPSA) is 21.3 Å². The molecule has 17 heavy (non-hydrogen) atoms. The molecule has 0 aromatic heterocycles. The van der Waals surface area contributed by atoms with Crippen molar-refractivity contribution in [1.29, 1.82) is 0 Å². The van der Waals surface area contributed by atoms with E-state index in [-0.39, 0.29) is 0 Å². The van der Waals surface area contributed by atoms with Gasteiger partial charge < -0.3 is 10.1 Å². The van der Waals surface area contributed by atoms with Gasteiger partial charge in [-0.1, -0.05) is 13.3 Å². The van der Waals surface area contributed by atoms with Gasteiger partial charge in [0.05, 0.1) is 0 Å². The molecule has 100 valence electrons. The van der Waals surface area contributed by atoms with Crippen LogP contribution in [0, 0.1) is 11.8 Å². The molecule has 2 fully saturated rings. The van der Waals surface area contributed by atoms with Gasteiger partial charge in [-0.3, -0.25) is 0 Å². The smallest absolute Gasteiger partial charge is 0.0494 e. The predicted molar refractivity (Wildman–Crippen MR) is 72.2 cm³/mol. The third-order valence-electron chi connectivity index (χ3n) is 4.37. The number of hydrogen-bond acceptors (Lipinski definition) is 2.